The fraction of sp³-hybridized carbons (Fsp3) is 0.682. The fourth-order valence-electron chi connectivity index (χ4n) is 3.88. The van der Waals surface area contributed by atoms with Gasteiger partial charge in [0.05, 0.1) is 5.56 Å². The van der Waals surface area contributed by atoms with Crippen LogP contribution in [0.5, 0.6) is 0 Å². The molecule has 1 heterocycles. The number of rotatable bonds is 6. The third-order valence-corrected chi connectivity index (χ3v) is 7.58. The summed E-state index contributed by atoms with van der Waals surface area (Å²) in [6.07, 6.45) is 4.14. The fourth-order valence-corrected chi connectivity index (χ4v) is 4.93. The van der Waals surface area contributed by atoms with Crippen molar-refractivity contribution in [2.75, 3.05) is 5.32 Å². The lowest BCUT2D eigenvalue weighted by atomic mass is 9.78. The molecule has 2 amide bonds. The maximum atomic E-state index is 12.8. The highest BCUT2D eigenvalue weighted by molar-refractivity contribution is 7.16. The first-order chi connectivity index (χ1) is 13.7. The zero-order valence-corrected chi connectivity index (χ0v) is 18.8. The van der Waals surface area contributed by atoms with Crippen LogP contribution in [0.15, 0.2) is 0 Å². The summed E-state index contributed by atoms with van der Waals surface area (Å²) in [6, 6.07) is 0.117. The Balaban J connectivity index is 1.64. The average molecular weight is 421 g/mol. The lowest BCUT2D eigenvalue weighted by Gasteiger charge is -2.35. The van der Waals surface area contributed by atoms with Crippen LogP contribution in [0.25, 0.3) is 0 Å². The van der Waals surface area contributed by atoms with Crippen molar-refractivity contribution in [1.82, 2.24) is 5.32 Å². The Bertz CT molecular complexity index is 799. The van der Waals surface area contributed by atoms with Crippen LogP contribution in [-0.2, 0) is 14.3 Å². The molecule has 2 N–H and O–H groups in total. The van der Waals surface area contributed by atoms with E-state index in [1.807, 2.05) is 13.8 Å². The van der Waals surface area contributed by atoms with E-state index in [4.69, 9.17) is 4.74 Å². The van der Waals surface area contributed by atoms with Crippen molar-refractivity contribution in [2.24, 2.45) is 17.8 Å². The van der Waals surface area contributed by atoms with E-state index < -0.39 is 12.1 Å². The van der Waals surface area contributed by atoms with Gasteiger partial charge in [0.2, 0.25) is 5.91 Å². The molecule has 0 aliphatic heterocycles. The SMILES string of the molecule is Cc1sc(NC(=O)C2CC2)c(C(=O)O[C@H](C)C(=O)N[C@@H]2CCC[C@H](C)[C@@H]2C)c1C. The molecule has 7 heteroatoms. The first-order valence-electron chi connectivity index (χ1n) is 10.6. The van der Waals surface area contributed by atoms with Crippen molar-refractivity contribution in [3.05, 3.63) is 16.0 Å². The molecule has 0 unspecified atom stereocenters. The molecule has 3 rings (SSSR count). The van der Waals surface area contributed by atoms with Crippen molar-refractivity contribution in [1.29, 1.82) is 0 Å². The first-order valence-corrected chi connectivity index (χ1v) is 11.4. The normalized spacial score (nSPS) is 25.2. The number of carbonyl (C=O) groups excluding carboxylic acids is 3. The van der Waals surface area contributed by atoms with Gasteiger partial charge in [0.15, 0.2) is 6.10 Å². The van der Waals surface area contributed by atoms with Crippen molar-refractivity contribution in [3.8, 4) is 0 Å². The zero-order valence-electron chi connectivity index (χ0n) is 18.0. The van der Waals surface area contributed by atoms with Crippen LogP contribution in [0.2, 0.25) is 0 Å². The first kappa shape index (κ1) is 21.8. The van der Waals surface area contributed by atoms with Gasteiger partial charge < -0.3 is 15.4 Å². The summed E-state index contributed by atoms with van der Waals surface area (Å²) in [7, 11) is 0. The number of thiophene rings is 1. The maximum absolute atomic E-state index is 12.8. The van der Waals surface area contributed by atoms with Gasteiger partial charge in [-0.25, -0.2) is 4.79 Å². The van der Waals surface area contributed by atoms with Crippen LogP contribution in [-0.4, -0.2) is 29.9 Å². The predicted octanol–water partition coefficient (Wildman–Crippen LogP) is 4.20. The number of nitrogens with one attached hydrogen (secondary N) is 2. The summed E-state index contributed by atoms with van der Waals surface area (Å²) in [5, 5.41) is 6.45. The number of anilines is 1. The molecule has 6 nitrogen and oxygen atoms in total. The second kappa shape index (κ2) is 8.86. The van der Waals surface area contributed by atoms with Crippen molar-refractivity contribution in [3.63, 3.8) is 0 Å². The van der Waals surface area contributed by atoms with E-state index >= 15 is 0 Å². The van der Waals surface area contributed by atoms with Gasteiger partial charge in [-0.15, -0.1) is 11.3 Å². The van der Waals surface area contributed by atoms with Crippen molar-refractivity contribution >= 4 is 34.1 Å². The molecular weight excluding hydrogens is 388 g/mol. The maximum Gasteiger partial charge on any atom is 0.342 e. The summed E-state index contributed by atoms with van der Waals surface area (Å²) in [5.74, 6) is 0.142. The quantitative estimate of drug-likeness (QED) is 0.676. The van der Waals surface area contributed by atoms with Gasteiger partial charge in [-0.3, -0.25) is 9.59 Å². The van der Waals surface area contributed by atoms with Gasteiger partial charge in [-0.1, -0.05) is 26.7 Å². The van der Waals surface area contributed by atoms with Gasteiger partial charge in [0.25, 0.3) is 5.91 Å². The number of esters is 1. The third-order valence-electron chi connectivity index (χ3n) is 6.46. The molecule has 29 heavy (non-hydrogen) atoms. The predicted molar refractivity (Wildman–Crippen MR) is 114 cm³/mol. The molecule has 2 aliphatic carbocycles. The Morgan fingerprint density at radius 3 is 2.45 bits per heavy atom. The highest BCUT2D eigenvalue weighted by atomic mass is 32.1. The Morgan fingerprint density at radius 1 is 1.10 bits per heavy atom. The van der Waals surface area contributed by atoms with Gasteiger partial charge in [-0.2, -0.15) is 0 Å². The third kappa shape index (κ3) is 5.00. The molecule has 0 aromatic carbocycles. The van der Waals surface area contributed by atoms with Crippen molar-refractivity contribution in [2.45, 2.75) is 78.9 Å². The minimum absolute atomic E-state index is 0.0474. The molecular formula is C22H32N2O4S. The number of carbonyl (C=O) groups is 3. The lowest BCUT2D eigenvalue weighted by Crippen LogP contribution is -2.47. The second-order valence-corrected chi connectivity index (χ2v) is 9.91. The smallest absolute Gasteiger partial charge is 0.342 e. The molecule has 0 bridgehead atoms. The Kier molecular flexibility index (Phi) is 6.66. The van der Waals surface area contributed by atoms with E-state index in [-0.39, 0.29) is 23.8 Å². The van der Waals surface area contributed by atoms with Crippen LogP contribution in [0.4, 0.5) is 5.00 Å². The molecule has 4 atom stereocenters. The molecule has 2 saturated carbocycles. The molecule has 0 radical (unpaired) electrons. The molecule has 160 valence electrons. The monoisotopic (exact) mass is 420 g/mol. The number of hydrogen-bond donors (Lipinski definition) is 2. The summed E-state index contributed by atoms with van der Waals surface area (Å²) in [6.45, 7) is 9.72. The van der Waals surface area contributed by atoms with E-state index in [0.29, 0.717) is 22.4 Å². The topological polar surface area (TPSA) is 84.5 Å². The van der Waals surface area contributed by atoms with E-state index in [1.165, 1.54) is 17.8 Å². The van der Waals surface area contributed by atoms with Gasteiger partial charge >= 0.3 is 5.97 Å². The minimum Gasteiger partial charge on any atom is -0.449 e. The van der Waals surface area contributed by atoms with Gasteiger partial charge in [0.1, 0.15) is 5.00 Å². The highest BCUT2D eigenvalue weighted by Crippen LogP contribution is 2.36. The van der Waals surface area contributed by atoms with E-state index in [0.717, 1.165) is 36.1 Å². The van der Waals surface area contributed by atoms with Crippen LogP contribution in [0.3, 0.4) is 0 Å². The van der Waals surface area contributed by atoms with Crippen molar-refractivity contribution < 1.29 is 19.1 Å². The molecule has 0 saturated heterocycles. The summed E-state index contributed by atoms with van der Waals surface area (Å²) < 4.78 is 5.50. The van der Waals surface area contributed by atoms with Gasteiger partial charge in [0, 0.05) is 16.8 Å². The summed E-state index contributed by atoms with van der Waals surface area (Å²) in [4.78, 5) is 38.6. The standard InChI is InChI=1S/C22H32N2O4S/c1-11-7-6-8-17(12(11)2)23-19(25)14(4)28-22(27)18-13(3)15(5)29-21(18)24-20(26)16-9-10-16/h11-12,14,16-17H,6-10H2,1-5H3,(H,23,25)(H,24,26)/t11-,12-,14+,17+/m0/s1. The molecule has 0 spiro atoms. The highest BCUT2D eigenvalue weighted by Gasteiger charge is 2.33. The van der Waals surface area contributed by atoms with Gasteiger partial charge in [-0.05, 0) is 57.4 Å². The minimum atomic E-state index is -0.890. The summed E-state index contributed by atoms with van der Waals surface area (Å²) in [5.41, 5.74) is 1.15. The van der Waals surface area contributed by atoms with Crippen LogP contribution in [0.1, 0.15) is 73.7 Å². The molecule has 1 aromatic rings. The largest absolute Gasteiger partial charge is 0.449 e. The van der Waals surface area contributed by atoms with E-state index in [9.17, 15) is 14.4 Å². The van der Waals surface area contributed by atoms with Crippen LogP contribution < -0.4 is 10.6 Å². The molecule has 2 fully saturated rings. The molecule has 2 aliphatic rings. The zero-order chi connectivity index (χ0) is 21.3. The second-order valence-electron chi connectivity index (χ2n) is 8.68. The Labute approximate surface area is 176 Å². The average Bonchev–Trinajstić information content (AvgIpc) is 3.46. The lowest BCUT2D eigenvalue weighted by molar-refractivity contribution is -0.130. The molecule has 1 aromatic heterocycles. The van der Waals surface area contributed by atoms with Crippen LogP contribution >= 0.6 is 11.3 Å². The number of amides is 2. The Morgan fingerprint density at radius 2 is 1.79 bits per heavy atom. The van der Waals surface area contributed by atoms with E-state index in [1.54, 1.807) is 6.92 Å². The number of hydrogen-bond acceptors (Lipinski definition) is 5. The number of ether oxygens (including phenoxy) is 1. The Hall–Kier alpha value is -1.89. The van der Waals surface area contributed by atoms with E-state index in [2.05, 4.69) is 24.5 Å². The summed E-state index contributed by atoms with van der Waals surface area (Å²) >= 11 is 1.37. The number of aryl methyl sites for hydroxylation is 1. The van der Waals surface area contributed by atoms with Crippen LogP contribution in [0, 0.1) is 31.6 Å².